The van der Waals surface area contributed by atoms with Crippen LogP contribution in [0.15, 0.2) is 10.6 Å². The number of piperazine rings is 1. The van der Waals surface area contributed by atoms with Crippen LogP contribution in [0.2, 0.25) is 0 Å². The van der Waals surface area contributed by atoms with Crippen LogP contribution in [0.5, 0.6) is 0 Å². The molecule has 2 fully saturated rings. The monoisotopic (exact) mass is 277 g/mol. The first kappa shape index (κ1) is 13.3. The molecule has 1 aliphatic carbocycles. The lowest BCUT2D eigenvalue weighted by molar-refractivity contribution is 0.185. The topological polar surface area (TPSA) is 61.6 Å². The Labute approximate surface area is 119 Å². The second-order valence-corrected chi connectivity index (χ2v) is 5.55. The van der Waals surface area contributed by atoms with Gasteiger partial charge >= 0.3 is 6.03 Å². The number of carbonyl (C=O) groups excluding carboxylic acids is 1. The molecule has 109 valence electrons. The van der Waals surface area contributed by atoms with Gasteiger partial charge in [0.05, 0.1) is 0 Å². The first-order chi connectivity index (χ1) is 9.83. The zero-order chi connectivity index (χ0) is 13.8. The molecule has 1 aromatic rings. The molecule has 20 heavy (non-hydrogen) atoms. The second kappa shape index (κ2) is 6.15. The van der Waals surface area contributed by atoms with E-state index in [0.29, 0.717) is 6.04 Å². The molecule has 1 aromatic heterocycles. The molecule has 6 heteroatoms. The van der Waals surface area contributed by atoms with Crippen molar-refractivity contribution in [1.82, 2.24) is 15.4 Å². The summed E-state index contributed by atoms with van der Waals surface area (Å²) < 4.78 is 5.09. The molecule has 2 heterocycles. The largest absolute Gasteiger partial charge is 0.338 e. The molecule has 3 rings (SSSR count). The Bertz CT molecular complexity index is 420. The van der Waals surface area contributed by atoms with E-state index in [2.05, 4.69) is 21.6 Å². The maximum Gasteiger partial charge on any atom is 0.317 e. The third-order valence-electron chi connectivity index (χ3n) is 4.19. The normalized spacial score (nSPS) is 21.0. The molecule has 1 saturated carbocycles. The van der Waals surface area contributed by atoms with E-state index in [-0.39, 0.29) is 6.03 Å². The second-order valence-electron chi connectivity index (χ2n) is 5.55. The highest BCUT2D eigenvalue weighted by molar-refractivity contribution is 5.74. The van der Waals surface area contributed by atoms with E-state index < -0.39 is 0 Å². The Hall–Kier alpha value is -1.72. The SMILES string of the molecule is O=C(NC1CCCCC1)N1CCN(c2c[c]no2)CC1. The van der Waals surface area contributed by atoms with Crippen molar-refractivity contribution in [2.75, 3.05) is 31.1 Å². The van der Waals surface area contributed by atoms with E-state index in [0.717, 1.165) is 44.9 Å². The van der Waals surface area contributed by atoms with Crippen LogP contribution in [0.25, 0.3) is 0 Å². The number of hydrogen-bond donors (Lipinski definition) is 1. The van der Waals surface area contributed by atoms with Gasteiger partial charge in [0.2, 0.25) is 5.88 Å². The van der Waals surface area contributed by atoms with Crippen molar-refractivity contribution in [2.24, 2.45) is 0 Å². The van der Waals surface area contributed by atoms with E-state index >= 15 is 0 Å². The van der Waals surface area contributed by atoms with Gasteiger partial charge in [-0.15, -0.1) is 0 Å². The Morgan fingerprint density at radius 2 is 2.00 bits per heavy atom. The minimum atomic E-state index is 0.0840. The summed E-state index contributed by atoms with van der Waals surface area (Å²) in [5, 5.41) is 6.76. The first-order valence-corrected chi connectivity index (χ1v) is 7.46. The predicted molar refractivity (Wildman–Crippen MR) is 74.5 cm³/mol. The standard InChI is InChI=1S/C14H21N4O2/c19-14(16-12-4-2-1-3-5-12)18-10-8-17(9-11-18)13-6-7-15-20-13/h6,12H,1-5,8-11H2,(H,16,19). The van der Waals surface area contributed by atoms with Gasteiger partial charge in [0.25, 0.3) is 0 Å². The Balaban J connectivity index is 1.46. The quantitative estimate of drug-likeness (QED) is 0.892. The number of nitrogens with zero attached hydrogens (tertiary/aromatic N) is 3. The van der Waals surface area contributed by atoms with Crippen LogP contribution in [0.4, 0.5) is 10.7 Å². The van der Waals surface area contributed by atoms with Gasteiger partial charge in [-0.3, -0.25) is 0 Å². The average Bonchev–Trinajstić information content (AvgIpc) is 3.03. The Morgan fingerprint density at radius 3 is 2.65 bits per heavy atom. The van der Waals surface area contributed by atoms with Crippen molar-refractivity contribution < 1.29 is 9.32 Å². The van der Waals surface area contributed by atoms with Crippen molar-refractivity contribution in [3.05, 3.63) is 12.3 Å². The molecule has 6 nitrogen and oxygen atoms in total. The Kier molecular flexibility index (Phi) is 4.08. The highest BCUT2D eigenvalue weighted by atomic mass is 16.5. The molecule has 1 aliphatic heterocycles. The molecule has 0 atom stereocenters. The van der Waals surface area contributed by atoms with Crippen molar-refractivity contribution in [3.63, 3.8) is 0 Å². The smallest absolute Gasteiger partial charge is 0.317 e. The number of rotatable bonds is 2. The summed E-state index contributed by atoms with van der Waals surface area (Å²) in [4.78, 5) is 16.2. The van der Waals surface area contributed by atoms with Crippen molar-refractivity contribution in [1.29, 1.82) is 0 Å². The van der Waals surface area contributed by atoms with Gasteiger partial charge in [-0.1, -0.05) is 24.4 Å². The van der Waals surface area contributed by atoms with Crippen molar-refractivity contribution in [2.45, 2.75) is 38.1 Å². The van der Waals surface area contributed by atoms with Crippen LogP contribution >= 0.6 is 0 Å². The fraction of sp³-hybridized carbons (Fsp3) is 0.714. The molecule has 1 saturated heterocycles. The molecule has 1 radical (unpaired) electrons. The van der Waals surface area contributed by atoms with Gasteiger partial charge in [0, 0.05) is 38.3 Å². The van der Waals surface area contributed by atoms with E-state index in [4.69, 9.17) is 4.52 Å². The van der Waals surface area contributed by atoms with Crippen LogP contribution in [-0.4, -0.2) is 48.3 Å². The van der Waals surface area contributed by atoms with Crippen LogP contribution in [-0.2, 0) is 0 Å². The average molecular weight is 277 g/mol. The molecule has 0 bridgehead atoms. The molecule has 0 spiro atoms. The van der Waals surface area contributed by atoms with Gasteiger partial charge in [0.15, 0.2) is 0 Å². The number of nitrogens with one attached hydrogen (secondary N) is 1. The zero-order valence-electron chi connectivity index (χ0n) is 11.7. The van der Waals surface area contributed by atoms with Crippen LogP contribution in [0.3, 0.4) is 0 Å². The fourth-order valence-corrected chi connectivity index (χ4v) is 2.97. The van der Waals surface area contributed by atoms with Gasteiger partial charge in [-0.2, -0.15) is 0 Å². The lowest BCUT2D eigenvalue weighted by Crippen LogP contribution is -2.53. The number of carbonyl (C=O) groups is 1. The molecule has 1 N–H and O–H groups in total. The van der Waals surface area contributed by atoms with Gasteiger partial charge in [-0.25, -0.2) is 4.79 Å². The summed E-state index contributed by atoms with van der Waals surface area (Å²) in [5.41, 5.74) is 0. The maximum atomic E-state index is 12.2. The lowest BCUT2D eigenvalue weighted by atomic mass is 9.96. The van der Waals surface area contributed by atoms with Crippen LogP contribution < -0.4 is 10.2 Å². The Morgan fingerprint density at radius 1 is 1.25 bits per heavy atom. The molecule has 2 aliphatic rings. The highest BCUT2D eigenvalue weighted by Gasteiger charge is 2.24. The maximum absolute atomic E-state index is 12.2. The molecule has 0 unspecified atom stereocenters. The summed E-state index contributed by atoms with van der Waals surface area (Å²) in [6, 6.07) is 2.19. The zero-order valence-corrected chi connectivity index (χ0v) is 11.7. The molecular weight excluding hydrogens is 256 g/mol. The van der Waals surface area contributed by atoms with Crippen molar-refractivity contribution in [3.8, 4) is 0 Å². The summed E-state index contributed by atoms with van der Waals surface area (Å²) in [7, 11) is 0. The number of amides is 2. The summed E-state index contributed by atoms with van der Waals surface area (Å²) in [6.07, 6.45) is 8.69. The minimum Gasteiger partial charge on any atom is -0.338 e. The van der Waals surface area contributed by atoms with E-state index in [1.807, 2.05) is 4.90 Å². The number of urea groups is 1. The molecular formula is C14H21N4O2. The van der Waals surface area contributed by atoms with Crippen LogP contribution in [0.1, 0.15) is 32.1 Å². The fourth-order valence-electron chi connectivity index (χ4n) is 2.97. The third-order valence-corrected chi connectivity index (χ3v) is 4.19. The molecule has 2 amide bonds. The van der Waals surface area contributed by atoms with E-state index in [1.54, 1.807) is 6.07 Å². The lowest BCUT2D eigenvalue weighted by Gasteiger charge is -2.35. The molecule has 0 aromatic carbocycles. The van der Waals surface area contributed by atoms with E-state index in [9.17, 15) is 4.79 Å². The summed E-state index contributed by atoms with van der Waals surface area (Å²) >= 11 is 0. The minimum absolute atomic E-state index is 0.0840. The van der Waals surface area contributed by atoms with Crippen LogP contribution in [0, 0.1) is 6.20 Å². The number of hydrogen-bond acceptors (Lipinski definition) is 4. The van der Waals surface area contributed by atoms with Gasteiger partial charge in [0.1, 0.15) is 6.20 Å². The van der Waals surface area contributed by atoms with Gasteiger partial charge in [-0.05, 0) is 12.8 Å². The first-order valence-electron chi connectivity index (χ1n) is 7.46. The van der Waals surface area contributed by atoms with Gasteiger partial charge < -0.3 is 19.6 Å². The van der Waals surface area contributed by atoms with E-state index in [1.165, 1.54) is 19.3 Å². The highest BCUT2D eigenvalue weighted by Crippen LogP contribution is 2.18. The summed E-state index contributed by atoms with van der Waals surface area (Å²) in [5.74, 6) is 0.734. The predicted octanol–water partition coefficient (Wildman–Crippen LogP) is 1.64. The number of anilines is 1. The summed E-state index contributed by atoms with van der Waals surface area (Å²) in [6.45, 7) is 3.00. The number of aromatic nitrogens is 1. The third kappa shape index (κ3) is 3.05. The van der Waals surface area contributed by atoms with Crippen molar-refractivity contribution >= 4 is 11.9 Å².